The Bertz CT molecular complexity index is 561. The second kappa shape index (κ2) is 6.06. The SMILES string of the molecule is COC(=O)[C@H]1[C@@H](OC(=O)c2ccccc2)C[C@@H]2CC[C@H]1N2[O-]. The van der Waals surface area contributed by atoms with Crippen LogP contribution in [0.4, 0.5) is 0 Å². The van der Waals surface area contributed by atoms with Gasteiger partial charge in [-0.1, -0.05) is 18.2 Å². The molecule has 0 unspecified atom stereocenters. The van der Waals surface area contributed by atoms with Gasteiger partial charge in [0, 0.05) is 12.1 Å². The largest absolute Gasteiger partial charge is 0.785 e. The van der Waals surface area contributed by atoms with Gasteiger partial charge in [0.1, 0.15) is 12.0 Å². The van der Waals surface area contributed by atoms with Crippen LogP contribution >= 0.6 is 0 Å². The van der Waals surface area contributed by atoms with Gasteiger partial charge in [0.25, 0.3) is 0 Å². The van der Waals surface area contributed by atoms with Crippen molar-refractivity contribution in [2.24, 2.45) is 5.92 Å². The number of benzene rings is 1. The molecule has 2 saturated heterocycles. The molecule has 0 saturated carbocycles. The lowest BCUT2D eigenvalue weighted by atomic mass is 9.88. The monoisotopic (exact) mass is 304 g/mol. The van der Waals surface area contributed by atoms with Crippen molar-refractivity contribution in [1.82, 2.24) is 5.06 Å². The van der Waals surface area contributed by atoms with Gasteiger partial charge < -0.3 is 19.7 Å². The maximum absolute atomic E-state index is 12.2. The molecule has 6 heteroatoms. The van der Waals surface area contributed by atoms with E-state index in [4.69, 9.17) is 9.47 Å². The molecule has 3 rings (SSSR count). The van der Waals surface area contributed by atoms with Crippen LogP contribution in [0.15, 0.2) is 30.3 Å². The molecule has 2 heterocycles. The van der Waals surface area contributed by atoms with Crippen molar-refractivity contribution in [2.45, 2.75) is 37.5 Å². The van der Waals surface area contributed by atoms with Crippen LogP contribution in [-0.2, 0) is 14.3 Å². The Morgan fingerprint density at radius 1 is 1.23 bits per heavy atom. The highest BCUT2D eigenvalue weighted by Crippen LogP contribution is 2.40. The smallest absolute Gasteiger partial charge is 0.338 e. The van der Waals surface area contributed by atoms with E-state index in [0.717, 1.165) is 11.5 Å². The van der Waals surface area contributed by atoms with E-state index >= 15 is 0 Å². The first-order valence-corrected chi connectivity index (χ1v) is 7.41. The van der Waals surface area contributed by atoms with Crippen LogP contribution in [0.5, 0.6) is 0 Å². The number of carbonyl (C=O) groups excluding carboxylic acids is 2. The zero-order chi connectivity index (χ0) is 15.7. The van der Waals surface area contributed by atoms with Crippen LogP contribution in [0.3, 0.4) is 0 Å². The molecule has 0 aliphatic carbocycles. The van der Waals surface area contributed by atoms with Gasteiger partial charge in [-0.3, -0.25) is 4.79 Å². The van der Waals surface area contributed by atoms with Crippen molar-refractivity contribution >= 4 is 11.9 Å². The molecule has 118 valence electrons. The summed E-state index contributed by atoms with van der Waals surface area (Å²) in [5.74, 6) is -1.68. The van der Waals surface area contributed by atoms with Crippen LogP contribution in [0.25, 0.3) is 0 Å². The van der Waals surface area contributed by atoms with Crippen LogP contribution < -0.4 is 0 Å². The lowest BCUT2D eigenvalue weighted by Gasteiger charge is -2.46. The number of methoxy groups -OCH3 is 1. The van der Waals surface area contributed by atoms with E-state index in [9.17, 15) is 14.8 Å². The average molecular weight is 304 g/mol. The molecule has 2 bridgehead atoms. The van der Waals surface area contributed by atoms with E-state index < -0.39 is 30.0 Å². The molecule has 22 heavy (non-hydrogen) atoms. The lowest BCUT2D eigenvalue weighted by Crippen LogP contribution is -2.53. The zero-order valence-corrected chi connectivity index (χ0v) is 12.3. The van der Waals surface area contributed by atoms with Gasteiger partial charge in [-0.15, -0.1) is 0 Å². The molecule has 0 amide bonds. The second-order valence-electron chi connectivity index (χ2n) is 5.75. The van der Waals surface area contributed by atoms with E-state index in [-0.39, 0.29) is 6.04 Å². The number of esters is 2. The van der Waals surface area contributed by atoms with E-state index in [1.807, 2.05) is 6.07 Å². The molecule has 2 fully saturated rings. The lowest BCUT2D eigenvalue weighted by molar-refractivity contribution is -0.155. The summed E-state index contributed by atoms with van der Waals surface area (Å²) in [6.07, 6.45) is 1.12. The number of hydroxylamine groups is 2. The minimum atomic E-state index is -0.714. The molecule has 0 spiro atoms. The minimum absolute atomic E-state index is 0.181. The fourth-order valence-electron chi connectivity index (χ4n) is 3.46. The third-order valence-corrected chi connectivity index (χ3v) is 4.54. The highest BCUT2D eigenvalue weighted by Gasteiger charge is 2.49. The van der Waals surface area contributed by atoms with E-state index in [2.05, 4.69) is 0 Å². The molecular formula is C16H18NO5-. The Hall–Kier alpha value is -1.92. The third kappa shape index (κ3) is 2.60. The molecule has 0 N–H and O–H groups in total. The first-order valence-electron chi connectivity index (χ1n) is 7.41. The Morgan fingerprint density at radius 3 is 2.64 bits per heavy atom. The molecule has 1 aromatic rings. The van der Waals surface area contributed by atoms with Gasteiger partial charge in [-0.2, -0.15) is 0 Å². The van der Waals surface area contributed by atoms with E-state index in [0.29, 0.717) is 18.4 Å². The van der Waals surface area contributed by atoms with Gasteiger partial charge in [-0.05, 0) is 31.4 Å². The maximum Gasteiger partial charge on any atom is 0.338 e. The predicted octanol–water partition coefficient (Wildman–Crippen LogP) is 1.74. The van der Waals surface area contributed by atoms with E-state index in [1.54, 1.807) is 24.3 Å². The normalized spacial score (nSPS) is 30.8. The van der Waals surface area contributed by atoms with Gasteiger partial charge in [-0.25, -0.2) is 4.79 Å². The molecule has 4 atom stereocenters. The standard InChI is InChI=1S/C16H18NO5/c1-21-16(19)14-12-8-7-11(17(12)20)9-13(14)22-15(18)10-5-3-2-4-6-10/h2-6,11-14H,7-9H2,1H3/q-1/t11-,12+,13-,14+/m0/s1. The Kier molecular flexibility index (Phi) is 4.13. The van der Waals surface area contributed by atoms with E-state index in [1.165, 1.54) is 7.11 Å². The summed E-state index contributed by atoms with van der Waals surface area (Å²) in [6.45, 7) is 0. The van der Waals surface area contributed by atoms with Crippen molar-refractivity contribution in [3.05, 3.63) is 41.1 Å². The van der Waals surface area contributed by atoms with Crippen LogP contribution in [-0.4, -0.2) is 42.3 Å². The molecular weight excluding hydrogens is 286 g/mol. The molecule has 6 nitrogen and oxygen atoms in total. The molecule has 1 aromatic carbocycles. The summed E-state index contributed by atoms with van der Waals surface area (Å²) in [7, 11) is 1.29. The number of carbonyl (C=O) groups is 2. The van der Waals surface area contributed by atoms with Crippen LogP contribution in [0.1, 0.15) is 29.6 Å². The summed E-state index contributed by atoms with van der Waals surface area (Å²) >= 11 is 0. The Morgan fingerprint density at radius 2 is 1.95 bits per heavy atom. The van der Waals surface area contributed by atoms with Crippen LogP contribution in [0.2, 0.25) is 0 Å². The summed E-state index contributed by atoms with van der Waals surface area (Å²) in [5, 5.41) is 13.1. The zero-order valence-electron chi connectivity index (χ0n) is 12.3. The minimum Gasteiger partial charge on any atom is -0.785 e. The van der Waals surface area contributed by atoms with Crippen molar-refractivity contribution in [3.8, 4) is 0 Å². The average Bonchev–Trinajstić information content (AvgIpc) is 2.78. The summed E-state index contributed by atoms with van der Waals surface area (Å²) < 4.78 is 10.3. The highest BCUT2D eigenvalue weighted by molar-refractivity contribution is 5.89. The van der Waals surface area contributed by atoms with Crippen molar-refractivity contribution < 1.29 is 19.1 Å². The second-order valence-corrected chi connectivity index (χ2v) is 5.75. The summed E-state index contributed by atoms with van der Waals surface area (Å²) in [6, 6.07) is 7.99. The quantitative estimate of drug-likeness (QED) is 0.791. The molecule has 2 aliphatic rings. The third-order valence-electron chi connectivity index (χ3n) is 4.54. The number of piperidine rings is 1. The first kappa shape index (κ1) is 15.0. The Labute approximate surface area is 128 Å². The van der Waals surface area contributed by atoms with Crippen molar-refractivity contribution in [3.63, 3.8) is 0 Å². The number of hydrogen-bond donors (Lipinski definition) is 0. The molecule has 0 aromatic heterocycles. The van der Waals surface area contributed by atoms with Gasteiger partial charge in [0.2, 0.25) is 0 Å². The molecule has 2 aliphatic heterocycles. The summed E-state index contributed by atoms with van der Waals surface area (Å²) in [5.41, 5.74) is 0.433. The summed E-state index contributed by atoms with van der Waals surface area (Å²) in [4.78, 5) is 24.3. The van der Waals surface area contributed by atoms with Crippen molar-refractivity contribution in [2.75, 3.05) is 7.11 Å². The first-order chi connectivity index (χ1) is 10.6. The Balaban J connectivity index is 1.79. The number of ether oxygens (including phenoxy) is 2. The maximum atomic E-state index is 12.2. The van der Waals surface area contributed by atoms with Gasteiger partial charge in [0.05, 0.1) is 12.7 Å². The fourth-order valence-corrected chi connectivity index (χ4v) is 3.46. The number of rotatable bonds is 3. The van der Waals surface area contributed by atoms with Crippen LogP contribution in [0, 0.1) is 11.1 Å². The number of nitrogens with zero attached hydrogens (tertiary/aromatic N) is 1. The molecule has 0 radical (unpaired) electrons. The van der Waals surface area contributed by atoms with Crippen molar-refractivity contribution in [1.29, 1.82) is 0 Å². The topological polar surface area (TPSA) is 78.9 Å². The van der Waals surface area contributed by atoms with Gasteiger partial charge >= 0.3 is 11.9 Å². The fraction of sp³-hybridized carbons (Fsp3) is 0.500. The predicted molar refractivity (Wildman–Crippen MR) is 77.8 cm³/mol. The number of fused-ring (bicyclic) bond motifs is 2. The van der Waals surface area contributed by atoms with Gasteiger partial charge in [0.15, 0.2) is 0 Å². The number of hydrogen-bond acceptors (Lipinski definition) is 6. The highest BCUT2D eigenvalue weighted by atomic mass is 16.6.